The first-order valence-corrected chi connectivity index (χ1v) is 8.77. The van der Waals surface area contributed by atoms with E-state index in [1.165, 1.54) is 0 Å². The second kappa shape index (κ2) is 5.82. The topological polar surface area (TPSA) is 52.5 Å². The van der Waals surface area contributed by atoms with Gasteiger partial charge < -0.3 is 14.9 Å². The lowest BCUT2D eigenvalue weighted by Crippen LogP contribution is -2.58. The lowest BCUT2D eigenvalue weighted by atomic mass is 9.72. The van der Waals surface area contributed by atoms with Gasteiger partial charge in [-0.2, -0.15) is 0 Å². The van der Waals surface area contributed by atoms with Gasteiger partial charge in [-0.15, -0.1) is 10.2 Å². The van der Waals surface area contributed by atoms with Crippen LogP contribution in [0.4, 0.5) is 5.13 Å². The number of hydrogen-bond donors (Lipinski definition) is 1. The summed E-state index contributed by atoms with van der Waals surface area (Å²) in [6, 6.07) is 0. The van der Waals surface area contributed by atoms with Crippen molar-refractivity contribution >= 4 is 16.5 Å². The molecule has 0 aromatic carbocycles. The van der Waals surface area contributed by atoms with E-state index in [-0.39, 0.29) is 11.5 Å². The predicted octanol–water partition coefficient (Wildman–Crippen LogP) is 1.94. The zero-order valence-corrected chi connectivity index (χ0v) is 14.1. The van der Waals surface area contributed by atoms with Gasteiger partial charge in [-0.3, -0.25) is 0 Å². The maximum atomic E-state index is 10.6. The highest BCUT2D eigenvalue weighted by atomic mass is 32.1. The number of aliphatic hydroxyl groups excluding tert-OH is 1. The SMILES string of the molecule is CC(C)c1nnc(N2CCC[C@]3(CN(C)CC[C@@H]3O)C2)s1. The van der Waals surface area contributed by atoms with Crippen molar-refractivity contribution in [3.8, 4) is 0 Å². The zero-order valence-electron chi connectivity index (χ0n) is 13.2. The number of nitrogens with zero attached hydrogens (tertiary/aromatic N) is 4. The van der Waals surface area contributed by atoms with E-state index in [2.05, 4.69) is 40.9 Å². The Morgan fingerprint density at radius 3 is 2.81 bits per heavy atom. The van der Waals surface area contributed by atoms with Crippen molar-refractivity contribution < 1.29 is 5.11 Å². The number of hydrogen-bond acceptors (Lipinski definition) is 6. The summed E-state index contributed by atoms with van der Waals surface area (Å²) in [5.74, 6) is 0.432. The number of aromatic nitrogens is 2. The van der Waals surface area contributed by atoms with Crippen LogP contribution in [0.15, 0.2) is 0 Å². The number of rotatable bonds is 2. The Kier molecular flexibility index (Phi) is 4.21. The van der Waals surface area contributed by atoms with Crippen LogP contribution >= 0.6 is 11.3 Å². The lowest BCUT2D eigenvalue weighted by molar-refractivity contribution is -0.0465. The van der Waals surface area contributed by atoms with Gasteiger partial charge in [0.1, 0.15) is 5.01 Å². The first-order chi connectivity index (χ1) is 10.00. The minimum atomic E-state index is -0.186. The number of likely N-dealkylation sites (tertiary alicyclic amines) is 1. The van der Waals surface area contributed by atoms with Gasteiger partial charge in [0.2, 0.25) is 5.13 Å². The molecule has 0 saturated carbocycles. The molecule has 2 aliphatic rings. The van der Waals surface area contributed by atoms with Gasteiger partial charge in [0.05, 0.1) is 6.10 Å². The molecule has 5 nitrogen and oxygen atoms in total. The fraction of sp³-hybridized carbons (Fsp3) is 0.867. The van der Waals surface area contributed by atoms with Crippen LogP contribution in [0, 0.1) is 5.41 Å². The van der Waals surface area contributed by atoms with Crippen LogP contribution in [0.2, 0.25) is 0 Å². The van der Waals surface area contributed by atoms with Crippen molar-refractivity contribution in [3.63, 3.8) is 0 Å². The largest absolute Gasteiger partial charge is 0.392 e. The van der Waals surface area contributed by atoms with E-state index in [4.69, 9.17) is 0 Å². The van der Waals surface area contributed by atoms with Crippen molar-refractivity contribution in [2.45, 2.75) is 45.1 Å². The number of anilines is 1. The third-order valence-electron chi connectivity index (χ3n) is 4.88. The minimum Gasteiger partial charge on any atom is -0.392 e. The molecule has 0 amide bonds. The molecule has 2 aliphatic heterocycles. The number of piperidine rings is 2. The first kappa shape index (κ1) is 15.2. The summed E-state index contributed by atoms with van der Waals surface area (Å²) in [6.07, 6.45) is 2.94. The van der Waals surface area contributed by atoms with Crippen LogP contribution in [0.5, 0.6) is 0 Å². The molecule has 0 aliphatic carbocycles. The molecule has 3 rings (SSSR count). The van der Waals surface area contributed by atoms with E-state index in [1.807, 2.05) is 0 Å². The molecule has 2 saturated heterocycles. The smallest absolute Gasteiger partial charge is 0.208 e. The van der Waals surface area contributed by atoms with Gasteiger partial charge >= 0.3 is 0 Å². The zero-order chi connectivity index (χ0) is 15.0. The summed E-state index contributed by atoms with van der Waals surface area (Å²) in [5.41, 5.74) is 0.00884. The molecule has 1 aromatic rings. The molecule has 6 heteroatoms. The van der Waals surface area contributed by atoms with Crippen LogP contribution in [0.25, 0.3) is 0 Å². The molecule has 2 fully saturated rings. The maximum Gasteiger partial charge on any atom is 0.208 e. The fourth-order valence-corrected chi connectivity index (χ4v) is 4.55. The molecule has 2 atom stereocenters. The second-order valence-electron chi connectivity index (χ2n) is 7.01. The standard InChI is InChI=1S/C15H26N4OS/c1-11(2)13-16-17-14(21-13)19-7-4-6-15(10-19)9-18(3)8-5-12(15)20/h11-12,20H,4-10H2,1-3H3/t12-,15-/m0/s1. The van der Waals surface area contributed by atoms with E-state index in [0.717, 1.165) is 55.6 Å². The average Bonchev–Trinajstić information content (AvgIpc) is 2.94. The summed E-state index contributed by atoms with van der Waals surface area (Å²) in [4.78, 5) is 4.70. The molecule has 1 N–H and O–H groups in total. The van der Waals surface area contributed by atoms with Crippen molar-refractivity contribution in [3.05, 3.63) is 5.01 Å². The predicted molar refractivity (Wildman–Crippen MR) is 86.0 cm³/mol. The molecule has 1 aromatic heterocycles. The van der Waals surface area contributed by atoms with Crippen molar-refractivity contribution in [1.29, 1.82) is 0 Å². The van der Waals surface area contributed by atoms with Crippen molar-refractivity contribution in [2.24, 2.45) is 5.41 Å². The molecular formula is C15H26N4OS. The van der Waals surface area contributed by atoms with E-state index < -0.39 is 0 Å². The summed E-state index contributed by atoms with van der Waals surface area (Å²) in [5, 5.41) is 21.4. The van der Waals surface area contributed by atoms with Gasteiger partial charge in [-0.1, -0.05) is 25.2 Å². The van der Waals surface area contributed by atoms with Gasteiger partial charge in [0, 0.05) is 37.5 Å². The molecule has 1 spiro atoms. The molecule has 118 valence electrons. The van der Waals surface area contributed by atoms with Crippen LogP contribution in [-0.2, 0) is 0 Å². The maximum absolute atomic E-state index is 10.6. The average molecular weight is 310 g/mol. The van der Waals surface area contributed by atoms with E-state index >= 15 is 0 Å². The third-order valence-corrected chi connectivity index (χ3v) is 6.16. The van der Waals surface area contributed by atoms with E-state index in [0.29, 0.717) is 5.92 Å². The van der Waals surface area contributed by atoms with E-state index in [1.54, 1.807) is 11.3 Å². The quantitative estimate of drug-likeness (QED) is 0.905. The van der Waals surface area contributed by atoms with Gasteiger partial charge in [-0.05, 0) is 26.3 Å². The molecule has 0 radical (unpaired) electrons. The van der Waals surface area contributed by atoms with Gasteiger partial charge in [0.15, 0.2) is 0 Å². The van der Waals surface area contributed by atoms with Crippen molar-refractivity contribution in [2.75, 3.05) is 38.1 Å². The highest BCUT2D eigenvalue weighted by Gasteiger charge is 2.45. The van der Waals surface area contributed by atoms with Crippen LogP contribution in [0.3, 0.4) is 0 Å². The van der Waals surface area contributed by atoms with Gasteiger partial charge in [-0.25, -0.2) is 0 Å². The summed E-state index contributed by atoms with van der Waals surface area (Å²) >= 11 is 1.71. The highest BCUT2D eigenvalue weighted by Crippen LogP contribution is 2.40. The molecular weight excluding hydrogens is 284 g/mol. The lowest BCUT2D eigenvalue weighted by Gasteiger charge is -2.50. The Morgan fingerprint density at radius 2 is 2.10 bits per heavy atom. The summed E-state index contributed by atoms with van der Waals surface area (Å²) < 4.78 is 0. The summed E-state index contributed by atoms with van der Waals surface area (Å²) in [7, 11) is 2.16. The van der Waals surface area contributed by atoms with Gasteiger partial charge in [0.25, 0.3) is 0 Å². The monoisotopic (exact) mass is 310 g/mol. The molecule has 21 heavy (non-hydrogen) atoms. The highest BCUT2D eigenvalue weighted by molar-refractivity contribution is 7.15. The van der Waals surface area contributed by atoms with Crippen LogP contribution in [-0.4, -0.2) is 59.5 Å². The minimum absolute atomic E-state index is 0.00884. The Morgan fingerprint density at radius 1 is 1.29 bits per heavy atom. The third kappa shape index (κ3) is 2.94. The molecule has 0 unspecified atom stereocenters. The Balaban J connectivity index is 1.78. The van der Waals surface area contributed by atoms with E-state index in [9.17, 15) is 5.11 Å². The number of aliphatic hydroxyl groups is 1. The molecule has 0 bridgehead atoms. The first-order valence-electron chi connectivity index (χ1n) is 7.95. The Bertz CT molecular complexity index is 492. The van der Waals surface area contributed by atoms with Crippen LogP contribution < -0.4 is 4.90 Å². The Labute approximate surface area is 131 Å². The Hall–Kier alpha value is -0.720. The van der Waals surface area contributed by atoms with Crippen LogP contribution in [0.1, 0.15) is 44.0 Å². The fourth-order valence-electron chi connectivity index (χ4n) is 3.68. The molecule has 3 heterocycles. The second-order valence-corrected chi connectivity index (χ2v) is 7.99. The van der Waals surface area contributed by atoms with Crippen molar-refractivity contribution in [1.82, 2.24) is 15.1 Å². The summed E-state index contributed by atoms with van der Waals surface area (Å²) in [6.45, 7) is 8.24. The normalized spacial score (nSPS) is 31.3.